The van der Waals surface area contributed by atoms with Crippen molar-refractivity contribution < 1.29 is 193 Å². The fraction of sp³-hybridized carbons (Fsp3) is 0.500. The van der Waals surface area contributed by atoms with Gasteiger partial charge in [0.2, 0.25) is 24.2 Å². The molecule has 7 aliphatic rings. The third kappa shape index (κ3) is 18.7. The number of pyridine rings is 3. The van der Waals surface area contributed by atoms with Gasteiger partial charge in [-0.2, -0.15) is 4.73 Å². The first-order valence-corrected chi connectivity index (χ1v) is 43.1. The zero-order chi connectivity index (χ0) is 89.0. The van der Waals surface area contributed by atoms with Gasteiger partial charge in [0.1, 0.15) is 134 Å². The average molecular weight is 1850 g/mol. The number of hydrazone groups is 1. The first-order valence-electron chi connectivity index (χ1n) is 35.0. The molecule has 0 saturated carbocycles. The van der Waals surface area contributed by atoms with E-state index in [1.54, 1.807) is 70.8 Å². The molecule has 0 amide bonds. The molecule has 0 radical (unpaired) electrons. The lowest BCUT2D eigenvalue weighted by Gasteiger charge is -2.30. The van der Waals surface area contributed by atoms with Crippen LogP contribution in [-0.4, -0.2) is 304 Å². The normalized spacial score (nSPS) is 28.9. The van der Waals surface area contributed by atoms with E-state index < -0.39 is 194 Å². The smallest absolute Gasteiger partial charge is 0.470 e. The number of phosphoric acid groups is 5. The van der Waals surface area contributed by atoms with Crippen LogP contribution in [0.2, 0.25) is 0 Å². The maximum Gasteiger partial charge on any atom is 0.470 e. The summed E-state index contributed by atoms with van der Waals surface area (Å²) >= 11 is 5.25. The number of nitrogens with zero attached hydrogens (tertiary/aromatic N) is 19. The number of ether oxygens (including phenoxy) is 5. The first-order chi connectivity index (χ1) is 57.0. The number of nitrogen functional groups attached to an aromatic ring is 1. The van der Waals surface area contributed by atoms with E-state index in [9.17, 15) is 84.2 Å². The summed E-state index contributed by atoms with van der Waals surface area (Å²) in [4.78, 5) is 121. The van der Waals surface area contributed by atoms with Gasteiger partial charge in [0.15, 0.2) is 88.0 Å². The quantitative estimate of drug-likeness (QED) is 0.0164. The van der Waals surface area contributed by atoms with E-state index in [0.29, 0.717) is 32.3 Å². The summed E-state index contributed by atoms with van der Waals surface area (Å²) in [5.74, 6) is 0.497. The van der Waals surface area contributed by atoms with Crippen molar-refractivity contribution in [1.29, 1.82) is 5.41 Å². The summed E-state index contributed by atoms with van der Waals surface area (Å²) in [6.45, 7) is -0.568. The largest absolute Gasteiger partial charge is 0.870 e. The van der Waals surface area contributed by atoms with Gasteiger partial charge >= 0.3 is 56.1 Å². The predicted molar refractivity (Wildman–Crippen MR) is 389 cm³/mol. The van der Waals surface area contributed by atoms with Crippen molar-refractivity contribution >= 4 is 125 Å². The summed E-state index contributed by atoms with van der Waals surface area (Å²) in [7, 11) is -18.7. The third-order valence-corrected chi connectivity index (χ3v) is 22.3. The molecule has 58 nitrogen and oxygen atoms in total. The van der Waals surface area contributed by atoms with Crippen LogP contribution in [0.3, 0.4) is 0 Å². The molecule has 64 heteroatoms. The number of aryl methyl sites for hydroxylation is 2. The van der Waals surface area contributed by atoms with Gasteiger partial charge < -0.3 is 152 Å². The highest BCUT2D eigenvalue weighted by Gasteiger charge is 2.57. The Bertz CT molecular complexity index is 5790. The van der Waals surface area contributed by atoms with Crippen LogP contribution in [0.4, 0.5) is 11.5 Å². The van der Waals surface area contributed by atoms with Crippen LogP contribution in [0.25, 0.3) is 55.8 Å². The lowest BCUT2D eigenvalue weighted by molar-refractivity contribution is -0.746. The van der Waals surface area contributed by atoms with Crippen molar-refractivity contribution in [2.45, 2.75) is 141 Å². The molecule has 2 bridgehead atoms. The number of hydrogen-bond donors (Lipinski definition) is 23. The number of aliphatic hydroxyl groups excluding tert-OH is 10. The number of phosphoric ester groups is 5. The third-order valence-electron chi connectivity index (χ3n) is 19.6. The van der Waals surface area contributed by atoms with Gasteiger partial charge in [0.25, 0.3) is 0 Å². The minimum Gasteiger partial charge on any atom is -0.870 e. The molecule has 10 aromatic heterocycles. The summed E-state index contributed by atoms with van der Waals surface area (Å²) in [6.07, 6.45) is -14.0. The maximum absolute atomic E-state index is 11.9. The van der Waals surface area contributed by atoms with E-state index in [0.717, 1.165) is 17.5 Å². The number of aromatic nitrogens is 17. The highest BCUT2D eigenvalue weighted by molar-refractivity contribution is 7.59. The number of aliphatic hydroxyl groups is 10. The lowest BCUT2D eigenvalue weighted by Crippen LogP contribution is -2.46. The summed E-state index contributed by atoms with van der Waals surface area (Å²) in [5.41, 5.74) is 9.62. The Morgan fingerprint density at radius 2 is 0.984 bits per heavy atom. The molecule has 17 heterocycles. The van der Waals surface area contributed by atoms with E-state index >= 15 is 0 Å². The first kappa shape index (κ1) is 91.5. The van der Waals surface area contributed by atoms with Gasteiger partial charge in [-0.1, -0.05) is 5.75 Å². The SMILES string of the molecule is CC1=NN(C)c2ccnc3c2n1c[n+]3[C@@H]1OC(COP(=O)(O)O)[C@@H](O)[C@H]1O.Cn1c[n+]([C@@H]2OC(COP(=O)(O)O)[C@@H](O)[C@H]2O)c2nccc([O-])c21.Cn1c[n+]([C@@H]2OC(COP(=O)(O)O)[C@@H](O)[C@H]2O)c2nccc([S-])c21.N=c1c2ncn([C@@H]3OC(COP(=O)(O)O)[C@@H](O)[C@H]3O)c2ncn1O.Nc1ncnc2c1nc1n2[C@@H]2OC([C@@H](O)[C@H]2O)[C@H]1OP(=O)(O)O. The Labute approximate surface area is 684 Å². The number of fused-ring (bicyclic) bond motifs is 9. The Balaban J connectivity index is 0.000000132. The highest BCUT2D eigenvalue weighted by atomic mass is 32.1. The van der Waals surface area contributed by atoms with Crippen molar-refractivity contribution in [2.24, 2.45) is 19.2 Å². The summed E-state index contributed by atoms with van der Waals surface area (Å²) in [5, 5.41) is 136. The van der Waals surface area contributed by atoms with E-state index in [2.05, 4.69) is 63.1 Å². The van der Waals surface area contributed by atoms with Crippen molar-refractivity contribution in [3.8, 4) is 5.75 Å². The van der Waals surface area contributed by atoms with Crippen molar-refractivity contribution in [3.05, 3.63) is 86.1 Å². The van der Waals surface area contributed by atoms with E-state index in [1.807, 2.05) is 6.92 Å². The van der Waals surface area contributed by atoms with Crippen LogP contribution in [0.5, 0.6) is 5.75 Å². The van der Waals surface area contributed by atoms with Gasteiger partial charge in [-0.05, 0) is 12.1 Å². The fourth-order valence-corrected chi connectivity index (χ4v) is 16.3. The number of nitrogens with one attached hydrogen (secondary N) is 1. The molecule has 21 atom stereocenters. The van der Waals surface area contributed by atoms with Crippen molar-refractivity contribution in [3.63, 3.8) is 0 Å². The molecule has 10 aromatic rings. The van der Waals surface area contributed by atoms with Crippen LogP contribution >= 0.6 is 39.1 Å². The Kier molecular flexibility index (Phi) is 26.2. The minimum atomic E-state index is -4.92. The Morgan fingerprint density at radius 1 is 0.525 bits per heavy atom. The molecule has 24 N–H and O–H groups in total. The van der Waals surface area contributed by atoms with Crippen molar-refractivity contribution in [1.82, 2.24) is 67.4 Å². The second-order valence-electron chi connectivity index (χ2n) is 27.6. The van der Waals surface area contributed by atoms with E-state index in [1.165, 1.54) is 60.3 Å². The Hall–Kier alpha value is -8.20. The van der Waals surface area contributed by atoms with Gasteiger partial charge in [-0.25, -0.2) is 66.0 Å². The lowest BCUT2D eigenvalue weighted by atomic mass is 10.1. The minimum absolute atomic E-state index is 0.0280. The average Bonchev–Trinajstić information content (AvgIpc) is 1.56. The predicted octanol–water partition coefficient (Wildman–Crippen LogP) is -9.29. The molecular weight excluding hydrogens is 1770 g/mol. The standard InChI is InChI=1S/C14H18N5O7P.C12H16N3O8P.C12H16N3O7PS.C10H14N5O8P.C10H12N5O7P/c1-7-16-17(2)8-3-4-15-13-10(8)18(7)6-19(13)14-12(21)11(20)9(26-14)5-25-27(22,23)24;1-14-5-15(11-8(14)6(16)2-3-13-11)12-10(18)9(17)7(23-12)4-22-24(19,20)21;1-14-5-15(11-8(14)7(24)2-3-13-11)12-10(17)9(16)6(22-12)4-21-23(18,19)20;11-8-5-9(13-3-15(8)18)14(2-12-5)10-7(17)6(16)4(23-10)1-22-24(19,20)21;11-7-2-8(13-1-12-7)15-9(14-2)6(22-23(18,19)20)5-3(16)4(17)10(15)21-5/h3-4,6,9,11-12,14,20-21H,5H2,1-2H3,(H-,22,23,24);2-3,5,7,9-10,12,17-18H,4H2,1H3,(H2-,13,16,19,20,21);2-3,5-6,9-10,12,16-17H,4H2,1H3,(H2-,13,18,19,20,24);2-4,6-7,10-11,16-18H,1H2,(H2,19,20,21);1,3-6,10,16-17H,(H2,11,12,13)(H2,18,19,20)/p+1/t9?,11-,12-,14-;7?,9-,10-,12-;6?,9-,10-,12-;4?,6-,7-,10-;3-,4+,5?,6+,10+/m11110/s1. The molecule has 0 aliphatic carbocycles. The zero-order valence-corrected chi connectivity index (χ0v) is 67.8. The van der Waals surface area contributed by atoms with Crippen LogP contribution in [0.1, 0.15) is 50.0 Å². The molecule has 5 saturated heterocycles. The maximum atomic E-state index is 11.9. The fourth-order valence-electron chi connectivity index (χ4n) is 14.1. The van der Waals surface area contributed by atoms with Crippen LogP contribution in [-0.2, 0) is 95.9 Å². The number of rotatable bonds is 18. The van der Waals surface area contributed by atoms with E-state index in [4.69, 9.17) is 101 Å². The van der Waals surface area contributed by atoms with Crippen LogP contribution < -0.4 is 35.0 Å². The molecule has 0 aromatic carbocycles. The molecule has 122 heavy (non-hydrogen) atoms. The second kappa shape index (κ2) is 35.0. The number of imidazole rings is 5. The summed E-state index contributed by atoms with van der Waals surface area (Å²) < 4.78 is 116. The van der Waals surface area contributed by atoms with Gasteiger partial charge in [-0.3, -0.25) is 51.3 Å². The number of nitrogens with two attached hydrogens (primary N) is 1. The monoisotopic (exact) mass is 1850 g/mol. The molecule has 5 unspecified atom stereocenters. The molecule has 17 rings (SSSR count). The molecular formula is C58H77N21O37P5S+. The van der Waals surface area contributed by atoms with Crippen molar-refractivity contribution in [2.75, 3.05) is 44.2 Å². The second-order valence-corrected chi connectivity index (χ2v) is 34.2. The zero-order valence-electron chi connectivity index (χ0n) is 62.5. The molecule has 7 aliphatic heterocycles. The highest BCUT2D eigenvalue weighted by Crippen LogP contribution is 2.52. The molecule has 666 valence electrons. The van der Waals surface area contributed by atoms with Crippen LogP contribution in [0, 0.1) is 5.41 Å². The Morgan fingerprint density at radius 3 is 1.50 bits per heavy atom. The topological polar surface area (TPSA) is 835 Å². The van der Waals surface area contributed by atoms with Crippen LogP contribution in [0.15, 0.2) is 84.8 Å². The number of hydrogen-bond acceptors (Lipinski definition) is 40. The van der Waals surface area contributed by atoms with E-state index in [-0.39, 0.29) is 56.4 Å². The summed E-state index contributed by atoms with van der Waals surface area (Å²) in [6, 6.07) is 4.76. The van der Waals surface area contributed by atoms with Gasteiger partial charge in [0, 0.05) is 20.0 Å². The number of anilines is 2. The van der Waals surface area contributed by atoms with Gasteiger partial charge in [-0.15, -0.1) is 24.9 Å². The van der Waals surface area contributed by atoms with Gasteiger partial charge in [0.05, 0.1) is 46.9 Å². The molecule has 5 fully saturated rings. The molecule has 0 spiro atoms.